The quantitative estimate of drug-likeness (QED) is 0.154. The number of hydrogen-bond acceptors (Lipinski definition) is 9. The number of methoxy groups -OCH3 is 2. The minimum atomic E-state index is -0.391. The standard InChI is InChI=1S/C37H38Cl2N6O5/c1-7-10-30(47)44-16-15-43(4)25(21-44)13-14-45-35-24(18-27(36(45)48)31-32(38)28(49-5)19-29(50-6)33(31)39)20-40-37(42-35)41-34-22(3)11-9-12-23(34)17-26(46)8-2/h8-9,11-12,18-20,25H,2,13-17,21H2,1,3-6H3,(H,40,41,42). The van der Waals surface area contributed by atoms with Crippen molar-refractivity contribution in [1.82, 2.24) is 24.3 Å². The second-order valence-corrected chi connectivity index (χ2v) is 12.7. The van der Waals surface area contributed by atoms with Gasteiger partial charge in [-0.2, -0.15) is 4.98 Å². The normalized spacial score (nSPS) is 14.5. The summed E-state index contributed by atoms with van der Waals surface area (Å²) in [5, 5.41) is 4.14. The third-order valence-electron chi connectivity index (χ3n) is 8.84. The Morgan fingerprint density at radius 1 is 1.14 bits per heavy atom. The Morgan fingerprint density at radius 3 is 2.52 bits per heavy atom. The zero-order valence-electron chi connectivity index (χ0n) is 28.6. The Morgan fingerprint density at radius 2 is 1.86 bits per heavy atom. The zero-order valence-corrected chi connectivity index (χ0v) is 30.1. The summed E-state index contributed by atoms with van der Waals surface area (Å²) in [5.41, 5.74) is 2.79. The van der Waals surface area contributed by atoms with Gasteiger partial charge in [0.25, 0.3) is 11.5 Å². The Labute approximate surface area is 300 Å². The molecule has 3 heterocycles. The molecule has 11 nitrogen and oxygen atoms in total. The number of carbonyl (C=O) groups is 2. The fourth-order valence-corrected chi connectivity index (χ4v) is 6.76. The summed E-state index contributed by atoms with van der Waals surface area (Å²) in [6, 6.07) is 8.81. The number of carbonyl (C=O) groups excluding carboxylic acids is 2. The first-order chi connectivity index (χ1) is 24.0. The molecule has 1 N–H and O–H groups in total. The Kier molecular flexibility index (Phi) is 11.5. The lowest BCUT2D eigenvalue weighted by Crippen LogP contribution is -2.53. The third-order valence-corrected chi connectivity index (χ3v) is 9.59. The summed E-state index contributed by atoms with van der Waals surface area (Å²) in [4.78, 5) is 52.8. The second-order valence-electron chi connectivity index (χ2n) is 11.9. The topological polar surface area (TPSA) is 119 Å². The smallest absolute Gasteiger partial charge is 0.298 e. The highest BCUT2D eigenvalue weighted by molar-refractivity contribution is 6.41. The molecule has 13 heteroatoms. The molecule has 2 aromatic carbocycles. The molecule has 0 saturated carbocycles. The SMILES string of the molecule is C=CC(=O)Cc1cccc(C)c1Nc1ncc2cc(-c3c(Cl)c(OC)cc(OC)c3Cl)c(=O)n(CCC3CN(C(=O)C#CC)CCN3C)c2n1. The number of nitrogens with one attached hydrogen (secondary N) is 1. The molecule has 50 heavy (non-hydrogen) atoms. The lowest BCUT2D eigenvalue weighted by Gasteiger charge is -2.38. The first-order valence-electron chi connectivity index (χ1n) is 15.9. The van der Waals surface area contributed by atoms with Crippen LogP contribution < -0.4 is 20.3 Å². The molecular weight excluding hydrogens is 679 g/mol. The van der Waals surface area contributed by atoms with E-state index in [2.05, 4.69) is 33.6 Å². The summed E-state index contributed by atoms with van der Waals surface area (Å²) in [6.45, 7) is 9.09. The lowest BCUT2D eigenvalue weighted by molar-refractivity contribution is -0.127. The zero-order chi connectivity index (χ0) is 36.1. The van der Waals surface area contributed by atoms with Gasteiger partial charge in [-0.05, 0) is 56.5 Å². The van der Waals surface area contributed by atoms with Crippen LogP contribution in [0.2, 0.25) is 10.0 Å². The van der Waals surface area contributed by atoms with E-state index >= 15 is 0 Å². The molecule has 1 saturated heterocycles. The van der Waals surface area contributed by atoms with Crippen molar-refractivity contribution in [3.63, 3.8) is 0 Å². The Balaban J connectivity index is 1.64. The van der Waals surface area contributed by atoms with Gasteiger partial charge in [-0.3, -0.25) is 23.9 Å². The average molecular weight is 718 g/mol. The van der Waals surface area contributed by atoms with E-state index in [0.717, 1.165) is 11.1 Å². The third kappa shape index (κ3) is 7.48. The molecular formula is C37H38Cl2N6O5. The van der Waals surface area contributed by atoms with Gasteiger partial charge in [0.15, 0.2) is 5.78 Å². The van der Waals surface area contributed by atoms with Gasteiger partial charge in [0.1, 0.15) is 17.1 Å². The lowest BCUT2D eigenvalue weighted by atomic mass is 10.0. The average Bonchev–Trinajstić information content (AvgIpc) is 3.10. The molecule has 2 aromatic heterocycles. The molecule has 0 spiro atoms. The molecule has 260 valence electrons. The van der Waals surface area contributed by atoms with Crippen LogP contribution in [0.1, 0.15) is 24.5 Å². The van der Waals surface area contributed by atoms with Crippen molar-refractivity contribution < 1.29 is 19.1 Å². The van der Waals surface area contributed by atoms with E-state index in [1.54, 1.807) is 34.7 Å². The van der Waals surface area contributed by atoms with Crippen LogP contribution in [-0.2, 0) is 22.6 Å². The molecule has 1 aliphatic rings. The van der Waals surface area contributed by atoms with E-state index in [4.69, 9.17) is 37.7 Å². The van der Waals surface area contributed by atoms with Crippen molar-refractivity contribution >= 4 is 57.6 Å². The van der Waals surface area contributed by atoms with Gasteiger partial charge in [0.2, 0.25) is 5.95 Å². The van der Waals surface area contributed by atoms with Gasteiger partial charge in [-0.1, -0.05) is 53.9 Å². The minimum Gasteiger partial charge on any atom is -0.495 e. The van der Waals surface area contributed by atoms with Crippen LogP contribution in [0.25, 0.3) is 22.2 Å². The number of rotatable bonds is 11. The maximum Gasteiger partial charge on any atom is 0.298 e. The van der Waals surface area contributed by atoms with Gasteiger partial charge >= 0.3 is 0 Å². The molecule has 0 radical (unpaired) electrons. The molecule has 1 amide bonds. The van der Waals surface area contributed by atoms with Crippen molar-refractivity contribution in [3.05, 3.63) is 80.7 Å². The summed E-state index contributed by atoms with van der Waals surface area (Å²) >= 11 is 13.6. The van der Waals surface area contributed by atoms with Crippen LogP contribution >= 0.6 is 23.2 Å². The van der Waals surface area contributed by atoms with Crippen LogP contribution in [0, 0.1) is 18.8 Å². The molecule has 1 unspecified atom stereocenters. The van der Waals surface area contributed by atoms with Crippen LogP contribution in [-0.4, -0.2) is 83.0 Å². The van der Waals surface area contributed by atoms with Crippen molar-refractivity contribution in [3.8, 4) is 34.5 Å². The summed E-state index contributed by atoms with van der Waals surface area (Å²) in [7, 11) is 4.93. The van der Waals surface area contributed by atoms with Crippen LogP contribution in [0.3, 0.4) is 0 Å². The number of amides is 1. The molecule has 0 aliphatic carbocycles. The predicted molar refractivity (Wildman–Crippen MR) is 197 cm³/mol. The number of nitrogens with zero attached hydrogens (tertiary/aromatic N) is 5. The fraction of sp³-hybridized carbons (Fsp3) is 0.324. The Bertz CT molecular complexity index is 2080. The number of fused-ring (bicyclic) bond motifs is 1. The molecule has 4 aromatic rings. The van der Waals surface area contributed by atoms with Crippen molar-refractivity contribution in [2.24, 2.45) is 0 Å². The van der Waals surface area contributed by atoms with Crippen molar-refractivity contribution in [2.45, 2.75) is 39.3 Å². The number of likely N-dealkylation sites (N-methyl/N-ethyl adjacent to an activating group) is 1. The first-order valence-corrected chi connectivity index (χ1v) is 16.7. The summed E-state index contributed by atoms with van der Waals surface area (Å²) < 4.78 is 12.5. The number of ether oxygens (including phenoxy) is 2. The summed E-state index contributed by atoms with van der Waals surface area (Å²) in [5.74, 6) is 5.79. The van der Waals surface area contributed by atoms with E-state index in [9.17, 15) is 14.4 Å². The number of halogens is 2. The van der Waals surface area contributed by atoms with E-state index in [1.807, 2.05) is 32.2 Å². The fourth-order valence-electron chi connectivity index (χ4n) is 6.06. The molecule has 1 fully saturated rings. The van der Waals surface area contributed by atoms with Gasteiger partial charge in [0, 0.05) is 67.5 Å². The van der Waals surface area contributed by atoms with E-state index < -0.39 is 5.56 Å². The molecule has 1 atom stereocenters. The van der Waals surface area contributed by atoms with Crippen LogP contribution in [0.4, 0.5) is 11.6 Å². The first kappa shape index (κ1) is 36.4. The number of aromatic nitrogens is 3. The minimum absolute atomic E-state index is 0.0580. The van der Waals surface area contributed by atoms with E-state index in [1.165, 1.54) is 20.3 Å². The highest BCUT2D eigenvalue weighted by Crippen LogP contribution is 2.45. The van der Waals surface area contributed by atoms with Gasteiger partial charge in [-0.15, -0.1) is 0 Å². The monoisotopic (exact) mass is 716 g/mol. The van der Waals surface area contributed by atoms with E-state index in [0.29, 0.717) is 42.8 Å². The highest BCUT2D eigenvalue weighted by Gasteiger charge is 2.28. The number of pyridine rings is 1. The van der Waals surface area contributed by atoms with E-state index in [-0.39, 0.29) is 69.3 Å². The van der Waals surface area contributed by atoms with Gasteiger partial charge < -0.3 is 19.7 Å². The number of piperazine rings is 1. The van der Waals surface area contributed by atoms with Crippen LogP contribution in [0.5, 0.6) is 11.5 Å². The number of para-hydroxylation sites is 1. The highest BCUT2D eigenvalue weighted by atomic mass is 35.5. The van der Waals surface area contributed by atoms with Crippen LogP contribution in [0.15, 0.2) is 54.0 Å². The number of aryl methyl sites for hydroxylation is 2. The van der Waals surface area contributed by atoms with Crippen molar-refractivity contribution in [1.29, 1.82) is 0 Å². The number of benzene rings is 2. The largest absolute Gasteiger partial charge is 0.495 e. The summed E-state index contributed by atoms with van der Waals surface area (Å²) in [6.07, 6.45) is 3.58. The number of anilines is 2. The van der Waals surface area contributed by atoms with Gasteiger partial charge in [0.05, 0.1) is 29.8 Å². The second kappa shape index (κ2) is 15.8. The predicted octanol–water partition coefficient (Wildman–Crippen LogP) is 5.69. The molecule has 1 aliphatic heterocycles. The maximum absolute atomic E-state index is 14.6. The molecule has 0 bridgehead atoms. The maximum atomic E-state index is 14.6. The van der Waals surface area contributed by atoms with Gasteiger partial charge in [-0.25, -0.2) is 4.98 Å². The number of ketones is 1. The Hall–Kier alpha value is -4.89. The van der Waals surface area contributed by atoms with Crippen molar-refractivity contribution in [2.75, 3.05) is 46.2 Å². The number of allylic oxidation sites excluding steroid dienone is 1. The molecule has 5 rings (SSSR count). The number of hydrogen-bond donors (Lipinski definition) is 1.